The zero-order valence-electron chi connectivity index (χ0n) is 26.9. The standard InChI is InChI=1S/C28H31F2N5O4/c1-4-18(36)9-16-7-8-39-14-20(16)34-28-32-13-17-10-19(33-27(26(17)35-28)31-12-15-5-6-15)23-24(29)21(37-2)11-22(38-3)25(23)30/h4,10-11,13,15-16,20H,1,5-9,12,14H2,2-3H3,(H,31,33)(H,32,34,35)/t16-,20-/m1/s1/i2D3,3D3. The summed E-state index contributed by atoms with van der Waals surface area (Å²) in [6, 6.07) is 1.55. The Morgan fingerprint density at radius 2 is 1.97 bits per heavy atom. The van der Waals surface area contributed by atoms with Crippen LogP contribution in [-0.4, -0.2) is 60.6 Å². The van der Waals surface area contributed by atoms with Crippen molar-refractivity contribution in [1.82, 2.24) is 15.0 Å². The van der Waals surface area contributed by atoms with Crippen molar-refractivity contribution in [1.29, 1.82) is 0 Å². The molecule has 0 spiro atoms. The van der Waals surface area contributed by atoms with E-state index < -0.39 is 42.8 Å². The molecule has 0 radical (unpaired) electrons. The monoisotopic (exact) mass is 545 g/mol. The van der Waals surface area contributed by atoms with Crippen molar-refractivity contribution in [2.75, 3.05) is 44.5 Å². The van der Waals surface area contributed by atoms with E-state index in [1.54, 1.807) is 0 Å². The van der Waals surface area contributed by atoms with Crippen LogP contribution >= 0.6 is 0 Å². The molecule has 2 N–H and O–H groups in total. The van der Waals surface area contributed by atoms with Gasteiger partial charge in [0, 0.05) is 37.2 Å². The molecule has 1 aliphatic carbocycles. The van der Waals surface area contributed by atoms with Gasteiger partial charge in [0.2, 0.25) is 5.95 Å². The van der Waals surface area contributed by atoms with Crippen LogP contribution < -0.4 is 20.1 Å². The van der Waals surface area contributed by atoms with Gasteiger partial charge in [-0.15, -0.1) is 0 Å². The van der Waals surface area contributed by atoms with Gasteiger partial charge in [-0.1, -0.05) is 6.58 Å². The first-order valence-electron chi connectivity index (χ1n) is 15.5. The van der Waals surface area contributed by atoms with Crippen molar-refractivity contribution in [3.8, 4) is 22.8 Å². The summed E-state index contributed by atoms with van der Waals surface area (Å²) in [5.74, 6) is -4.11. The number of aromatic nitrogens is 3. The fraction of sp³-hybridized carbons (Fsp3) is 0.429. The van der Waals surface area contributed by atoms with Gasteiger partial charge in [-0.3, -0.25) is 4.79 Å². The molecule has 0 amide bonds. The molecule has 1 saturated carbocycles. The number of carbonyl (C=O) groups is 1. The predicted octanol–water partition coefficient (Wildman–Crippen LogP) is 4.77. The Morgan fingerprint density at radius 1 is 1.21 bits per heavy atom. The SMILES string of the molecule is [2H]C([2H])([2H])Oc1cc(OC([2H])([2H])[2H])c(F)c(-c2cc3cnc(N[C@@H]4COCC[C@@H]4CC(=O)C=C)nc3c(NCC3CC3)n2)c1F. The van der Waals surface area contributed by atoms with Crippen LogP contribution in [0.15, 0.2) is 31.0 Å². The van der Waals surface area contributed by atoms with E-state index >= 15 is 8.78 Å². The maximum absolute atomic E-state index is 15.7. The molecule has 206 valence electrons. The summed E-state index contributed by atoms with van der Waals surface area (Å²) in [6.45, 7) is 4.88. The highest BCUT2D eigenvalue weighted by molar-refractivity contribution is 5.92. The molecule has 39 heavy (non-hydrogen) atoms. The van der Waals surface area contributed by atoms with Crippen molar-refractivity contribution in [3.63, 3.8) is 0 Å². The molecule has 0 unspecified atom stereocenters. The Hall–Kier alpha value is -3.86. The number of halogens is 2. The number of methoxy groups -OCH3 is 2. The van der Waals surface area contributed by atoms with Crippen LogP contribution in [0, 0.1) is 23.5 Å². The third-order valence-electron chi connectivity index (χ3n) is 6.94. The summed E-state index contributed by atoms with van der Waals surface area (Å²) in [6.07, 6.45) is 5.63. The van der Waals surface area contributed by atoms with Gasteiger partial charge in [0.15, 0.2) is 34.7 Å². The molecule has 1 saturated heterocycles. The molecule has 3 heterocycles. The summed E-state index contributed by atoms with van der Waals surface area (Å²) in [4.78, 5) is 25.5. The minimum atomic E-state index is -3.14. The van der Waals surface area contributed by atoms with Crippen LogP contribution in [-0.2, 0) is 9.53 Å². The summed E-state index contributed by atoms with van der Waals surface area (Å²) in [7, 11) is -6.28. The van der Waals surface area contributed by atoms with Gasteiger partial charge in [-0.05, 0) is 43.2 Å². The van der Waals surface area contributed by atoms with Gasteiger partial charge < -0.3 is 24.8 Å². The average molecular weight is 546 g/mol. The quantitative estimate of drug-likeness (QED) is 0.330. The first kappa shape index (κ1) is 20.1. The lowest BCUT2D eigenvalue weighted by Gasteiger charge is -2.31. The second-order valence-corrected chi connectivity index (χ2v) is 9.64. The number of nitrogens with one attached hydrogen (secondary N) is 2. The Labute approximate surface area is 233 Å². The number of hydrogen-bond donors (Lipinski definition) is 2. The second-order valence-electron chi connectivity index (χ2n) is 9.64. The van der Waals surface area contributed by atoms with Gasteiger partial charge in [0.25, 0.3) is 0 Å². The molecule has 2 atom stereocenters. The van der Waals surface area contributed by atoms with Gasteiger partial charge in [0.1, 0.15) is 5.52 Å². The number of fused-ring (bicyclic) bond motifs is 1. The van der Waals surface area contributed by atoms with E-state index in [0.29, 0.717) is 49.1 Å². The first-order valence-corrected chi connectivity index (χ1v) is 12.5. The number of pyridine rings is 1. The highest BCUT2D eigenvalue weighted by Crippen LogP contribution is 2.39. The van der Waals surface area contributed by atoms with Crippen LogP contribution in [0.2, 0.25) is 0 Å². The Morgan fingerprint density at radius 3 is 2.67 bits per heavy atom. The van der Waals surface area contributed by atoms with E-state index in [1.165, 1.54) is 18.3 Å². The molecule has 9 nitrogen and oxygen atoms in total. The lowest BCUT2D eigenvalue weighted by molar-refractivity contribution is -0.116. The Kier molecular flexibility index (Phi) is 5.92. The van der Waals surface area contributed by atoms with Crippen molar-refractivity contribution in [2.45, 2.75) is 31.7 Å². The van der Waals surface area contributed by atoms with E-state index in [0.717, 1.165) is 12.8 Å². The topological polar surface area (TPSA) is 107 Å². The van der Waals surface area contributed by atoms with Gasteiger partial charge >= 0.3 is 0 Å². The number of anilines is 2. The van der Waals surface area contributed by atoms with E-state index in [1.807, 2.05) is 0 Å². The summed E-state index contributed by atoms with van der Waals surface area (Å²) < 4.78 is 90.8. The third kappa shape index (κ3) is 5.78. The number of ketones is 1. The fourth-order valence-corrected chi connectivity index (χ4v) is 4.58. The fourth-order valence-electron chi connectivity index (χ4n) is 4.58. The van der Waals surface area contributed by atoms with Crippen LogP contribution in [0.25, 0.3) is 22.2 Å². The normalized spacial score (nSPS) is 21.9. The van der Waals surface area contributed by atoms with Crippen molar-refractivity contribution in [3.05, 3.63) is 42.6 Å². The number of hydrogen-bond acceptors (Lipinski definition) is 9. The van der Waals surface area contributed by atoms with Crippen LogP contribution in [0.1, 0.15) is 33.9 Å². The molecular weight excluding hydrogens is 508 g/mol. The van der Waals surface area contributed by atoms with Crippen molar-refractivity contribution >= 4 is 28.5 Å². The molecule has 2 fully saturated rings. The molecule has 5 rings (SSSR count). The summed E-state index contributed by atoms with van der Waals surface area (Å²) >= 11 is 0. The third-order valence-corrected chi connectivity index (χ3v) is 6.94. The molecule has 3 aromatic rings. The van der Waals surface area contributed by atoms with Crippen molar-refractivity contribution < 1.29 is 36.0 Å². The number of allylic oxidation sites excluding steroid dienone is 1. The van der Waals surface area contributed by atoms with E-state index in [2.05, 4.69) is 32.2 Å². The largest absolute Gasteiger partial charge is 0.494 e. The number of ether oxygens (including phenoxy) is 3. The molecular formula is C28H31F2N5O4. The highest BCUT2D eigenvalue weighted by atomic mass is 19.1. The lowest BCUT2D eigenvalue weighted by Crippen LogP contribution is -2.40. The Balaban J connectivity index is 1.58. The van der Waals surface area contributed by atoms with Crippen LogP contribution in [0.4, 0.5) is 20.5 Å². The predicted molar refractivity (Wildman–Crippen MR) is 143 cm³/mol. The molecule has 11 heteroatoms. The minimum Gasteiger partial charge on any atom is -0.494 e. The Bertz CT molecular complexity index is 1560. The molecule has 2 aromatic heterocycles. The lowest BCUT2D eigenvalue weighted by atomic mass is 9.90. The maximum atomic E-state index is 15.7. The average Bonchev–Trinajstić information content (AvgIpc) is 3.79. The van der Waals surface area contributed by atoms with E-state index in [-0.39, 0.29) is 41.6 Å². The number of benzene rings is 1. The summed E-state index contributed by atoms with van der Waals surface area (Å²) in [5, 5.41) is 6.73. The van der Waals surface area contributed by atoms with Crippen LogP contribution in [0.3, 0.4) is 0 Å². The molecule has 1 aromatic carbocycles. The zero-order valence-corrected chi connectivity index (χ0v) is 20.9. The van der Waals surface area contributed by atoms with Gasteiger partial charge in [-0.2, -0.15) is 0 Å². The van der Waals surface area contributed by atoms with Gasteiger partial charge in [-0.25, -0.2) is 23.7 Å². The van der Waals surface area contributed by atoms with E-state index in [9.17, 15) is 4.79 Å². The van der Waals surface area contributed by atoms with Crippen LogP contribution in [0.5, 0.6) is 11.5 Å². The van der Waals surface area contributed by atoms with Crippen molar-refractivity contribution in [2.24, 2.45) is 11.8 Å². The first-order chi connectivity index (χ1) is 21.2. The summed E-state index contributed by atoms with van der Waals surface area (Å²) in [5.41, 5.74) is -0.846. The molecule has 2 aliphatic rings. The maximum Gasteiger partial charge on any atom is 0.223 e. The van der Waals surface area contributed by atoms with E-state index in [4.69, 9.17) is 22.4 Å². The number of rotatable bonds is 11. The highest BCUT2D eigenvalue weighted by Gasteiger charge is 2.29. The minimum absolute atomic E-state index is 0.0434. The number of carbonyl (C=O) groups excluding carboxylic acids is 1. The molecule has 1 aliphatic heterocycles. The van der Waals surface area contributed by atoms with Gasteiger partial charge in [0.05, 0.1) is 46.2 Å². The zero-order chi connectivity index (χ0) is 32.5. The number of nitrogens with zero attached hydrogens (tertiary/aromatic N) is 3. The smallest absolute Gasteiger partial charge is 0.223 e. The second kappa shape index (κ2) is 11.5. The molecule has 0 bridgehead atoms.